The zero-order valence-electron chi connectivity index (χ0n) is 17.4. The third-order valence-electron chi connectivity index (χ3n) is 5.55. The number of hydrogen-bond donors (Lipinski definition) is 1. The molecule has 1 atom stereocenters. The highest BCUT2D eigenvalue weighted by atomic mass is 35.5. The van der Waals surface area contributed by atoms with Gasteiger partial charge < -0.3 is 9.64 Å². The second-order valence-electron chi connectivity index (χ2n) is 8.33. The van der Waals surface area contributed by atoms with Crippen molar-refractivity contribution in [2.45, 2.75) is 46.1 Å². The summed E-state index contributed by atoms with van der Waals surface area (Å²) in [7, 11) is 0. The maximum atomic E-state index is 13.8. The van der Waals surface area contributed by atoms with Crippen LogP contribution in [0.15, 0.2) is 18.2 Å². The molecule has 1 unspecified atom stereocenters. The van der Waals surface area contributed by atoms with Gasteiger partial charge in [-0.15, -0.1) is 12.4 Å². The van der Waals surface area contributed by atoms with Crippen molar-refractivity contribution in [2.24, 2.45) is 5.41 Å². The lowest BCUT2D eigenvalue weighted by molar-refractivity contribution is -0.128. The molecular formula is C21H31ClFN3O3. The van der Waals surface area contributed by atoms with Gasteiger partial charge in [0.2, 0.25) is 11.8 Å². The fourth-order valence-electron chi connectivity index (χ4n) is 3.95. The van der Waals surface area contributed by atoms with Crippen LogP contribution in [0.4, 0.5) is 10.1 Å². The number of piperazine rings is 1. The van der Waals surface area contributed by atoms with Gasteiger partial charge in [-0.2, -0.15) is 0 Å². The van der Waals surface area contributed by atoms with Crippen LogP contribution in [0, 0.1) is 11.2 Å². The van der Waals surface area contributed by atoms with Crippen molar-refractivity contribution in [3.63, 3.8) is 0 Å². The molecule has 2 aliphatic heterocycles. The Morgan fingerprint density at radius 2 is 1.90 bits per heavy atom. The van der Waals surface area contributed by atoms with E-state index in [9.17, 15) is 14.0 Å². The molecule has 2 heterocycles. The Morgan fingerprint density at radius 1 is 1.21 bits per heavy atom. The van der Waals surface area contributed by atoms with Crippen LogP contribution in [0.2, 0.25) is 0 Å². The predicted molar refractivity (Wildman–Crippen MR) is 113 cm³/mol. The number of carbonyl (C=O) groups is 2. The summed E-state index contributed by atoms with van der Waals surface area (Å²) >= 11 is 0. The normalized spacial score (nSPS) is 22.6. The fraction of sp³-hybridized carbons (Fsp3) is 0.619. The number of hydrogen-bond acceptors (Lipinski definition) is 5. The molecular weight excluding hydrogens is 397 g/mol. The van der Waals surface area contributed by atoms with E-state index >= 15 is 0 Å². The van der Waals surface area contributed by atoms with Crippen LogP contribution in [0.3, 0.4) is 0 Å². The molecule has 2 saturated heterocycles. The van der Waals surface area contributed by atoms with Crippen molar-refractivity contribution in [2.75, 3.05) is 37.6 Å². The Bertz CT molecular complexity index is 738. The van der Waals surface area contributed by atoms with Crippen LogP contribution in [0.5, 0.6) is 5.75 Å². The SMILES string of the molecule is CC(C)Oc1ccc(F)cc1N1CCN(CCCC2(C)CC(=O)NC2=O)CC1.Cl. The van der Waals surface area contributed by atoms with Crippen molar-refractivity contribution in [3.05, 3.63) is 24.0 Å². The number of imide groups is 1. The Labute approximate surface area is 178 Å². The fourth-order valence-corrected chi connectivity index (χ4v) is 3.95. The van der Waals surface area contributed by atoms with E-state index in [-0.39, 0.29) is 42.6 Å². The Morgan fingerprint density at radius 3 is 2.48 bits per heavy atom. The molecule has 2 amide bonds. The first-order valence-electron chi connectivity index (χ1n) is 10.0. The lowest BCUT2D eigenvalue weighted by Crippen LogP contribution is -2.47. The summed E-state index contributed by atoms with van der Waals surface area (Å²) in [6.07, 6.45) is 1.91. The highest BCUT2D eigenvalue weighted by molar-refractivity contribution is 6.05. The van der Waals surface area contributed by atoms with E-state index < -0.39 is 5.41 Å². The molecule has 3 rings (SSSR count). The number of halogens is 2. The summed E-state index contributed by atoms with van der Waals surface area (Å²) in [5.41, 5.74) is 0.241. The van der Waals surface area contributed by atoms with Gasteiger partial charge in [-0.25, -0.2) is 4.39 Å². The third-order valence-corrected chi connectivity index (χ3v) is 5.55. The molecule has 0 aromatic heterocycles. The molecule has 1 N–H and O–H groups in total. The lowest BCUT2D eigenvalue weighted by atomic mass is 9.84. The molecule has 29 heavy (non-hydrogen) atoms. The Balaban J connectivity index is 0.00000300. The minimum absolute atomic E-state index is 0. The number of nitrogens with one attached hydrogen (secondary N) is 1. The summed E-state index contributed by atoms with van der Waals surface area (Å²) < 4.78 is 19.6. The summed E-state index contributed by atoms with van der Waals surface area (Å²) in [4.78, 5) is 27.9. The maximum absolute atomic E-state index is 13.8. The number of benzene rings is 1. The zero-order chi connectivity index (χ0) is 20.3. The van der Waals surface area contributed by atoms with E-state index in [4.69, 9.17) is 4.74 Å². The molecule has 0 spiro atoms. The van der Waals surface area contributed by atoms with E-state index in [1.807, 2.05) is 20.8 Å². The van der Waals surface area contributed by atoms with E-state index in [0.717, 1.165) is 50.6 Å². The first-order chi connectivity index (χ1) is 13.3. The molecule has 8 heteroatoms. The quantitative estimate of drug-likeness (QED) is 0.678. The summed E-state index contributed by atoms with van der Waals surface area (Å²) in [5, 5.41) is 2.40. The smallest absolute Gasteiger partial charge is 0.233 e. The minimum Gasteiger partial charge on any atom is -0.489 e. The molecule has 0 radical (unpaired) electrons. The molecule has 0 aliphatic carbocycles. The van der Waals surface area contributed by atoms with Gasteiger partial charge in [-0.3, -0.25) is 19.8 Å². The molecule has 6 nitrogen and oxygen atoms in total. The number of amides is 2. The van der Waals surface area contributed by atoms with Gasteiger partial charge in [0, 0.05) is 38.7 Å². The standard InChI is InChI=1S/C21H30FN3O3.ClH/c1-15(2)28-18-6-5-16(22)13-17(18)25-11-9-24(10-12-25)8-4-7-21(3)14-19(26)23-20(21)27;/h5-6,13,15H,4,7-12,14H2,1-3H3,(H,23,26,27);1H. The van der Waals surface area contributed by atoms with Crippen molar-refractivity contribution < 1.29 is 18.7 Å². The van der Waals surface area contributed by atoms with Crippen molar-refractivity contribution in [3.8, 4) is 5.75 Å². The van der Waals surface area contributed by atoms with E-state index in [1.165, 1.54) is 6.07 Å². The summed E-state index contributed by atoms with van der Waals surface area (Å²) in [5.74, 6) is 0.141. The van der Waals surface area contributed by atoms with Crippen LogP contribution >= 0.6 is 12.4 Å². The second-order valence-corrected chi connectivity index (χ2v) is 8.33. The number of nitrogens with zero attached hydrogens (tertiary/aromatic N) is 2. The number of rotatable bonds is 7. The monoisotopic (exact) mass is 427 g/mol. The molecule has 162 valence electrons. The lowest BCUT2D eigenvalue weighted by Gasteiger charge is -2.37. The third kappa shape index (κ3) is 5.82. The first kappa shape index (κ1) is 23.4. The van der Waals surface area contributed by atoms with E-state index in [0.29, 0.717) is 6.42 Å². The van der Waals surface area contributed by atoms with Gasteiger partial charge in [-0.1, -0.05) is 6.92 Å². The molecule has 2 aliphatic rings. The van der Waals surface area contributed by atoms with Gasteiger partial charge in [-0.05, 0) is 45.4 Å². The number of ether oxygens (including phenoxy) is 1. The van der Waals surface area contributed by atoms with Crippen molar-refractivity contribution in [1.82, 2.24) is 10.2 Å². The van der Waals surface area contributed by atoms with Gasteiger partial charge in [0.05, 0.1) is 17.2 Å². The topological polar surface area (TPSA) is 61.9 Å². The minimum atomic E-state index is -0.566. The highest BCUT2D eigenvalue weighted by Gasteiger charge is 2.41. The molecule has 2 fully saturated rings. The van der Waals surface area contributed by atoms with E-state index in [1.54, 1.807) is 12.1 Å². The zero-order valence-corrected chi connectivity index (χ0v) is 18.2. The molecule has 1 aromatic rings. The van der Waals surface area contributed by atoms with Crippen LogP contribution in [0.25, 0.3) is 0 Å². The van der Waals surface area contributed by atoms with Crippen LogP contribution < -0.4 is 15.0 Å². The summed E-state index contributed by atoms with van der Waals surface area (Å²) in [6.45, 7) is 10.0. The van der Waals surface area contributed by atoms with Gasteiger partial charge in [0.25, 0.3) is 0 Å². The molecule has 0 bridgehead atoms. The Kier molecular flexibility index (Phi) is 7.88. The number of carbonyl (C=O) groups excluding carboxylic acids is 2. The molecule has 1 aromatic carbocycles. The van der Waals surface area contributed by atoms with Crippen molar-refractivity contribution >= 4 is 29.9 Å². The van der Waals surface area contributed by atoms with Crippen molar-refractivity contribution in [1.29, 1.82) is 0 Å². The van der Waals surface area contributed by atoms with Crippen LogP contribution in [-0.4, -0.2) is 55.5 Å². The predicted octanol–water partition coefficient (Wildman–Crippen LogP) is 2.99. The van der Waals surface area contributed by atoms with E-state index in [2.05, 4.69) is 15.1 Å². The average molecular weight is 428 g/mol. The summed E-state index contributed by atoms with van der Waals surface area (Å²) in [6, 6.07) is 4.68. The van der Waals surface area contributed by atoms with Gasteiger partial charge in [0.15, 0.2) is 0 Å². The second kappa shape index (κ2) is 9.76. The Hall–Kier alpha value is -1.86. The van der Waals surface area contributed by atoms with Gasteiger partial charge in [0.1, 0.15) is 11.6 Å². The largest absolute Gasteiger partial charge is 0.489 e. The first-order valence-corrected chi connectivity index (χ1v) is 10.0. The van der Waals surface area contributed by atoms with Crippen LogP contribution in [0.1, 0.15) is 40.0 Å². The molecule has 0 saturated carbocycles. The van der Waals surface area contributed by atoms with Crippen LogP contribution in [-0.2, 0) is 9.59 Å². The maximum Gasteiger partial charge on any atom is 0.233 e. The van der Waals surface area contributed by atoms with Gasteiger partial charge >= 0.3 is 0 Å². The number of anilines is 1. The average Bonchev–Trinajstić information content (AvgIpc) is 2.89. The highest BCUT2D eigenvalue weighted by Crippen LogP contribution is 2.33.